The van der Waals surface area contributed by atoms with E-state index in [-0.39, 0.29) is 11.8 Å². The van der Waals surface area contributed by atoms with Gasteiger partial charge in [0.05, 0.1) is 6.61 Å². The molecule has 0 amide bonds. The minimum Gasteiger partial charge on any atom is -0.466 e. The van der Waals surface area contributed by atoms with E-state index in [1.165, 1.54) is 31.2 Å². The molecule has 0 aliphatic carbocycles. The number of esters is 1. The Kier molecular flexibility index (Phi) is 9.29. The van der Waals surface area contributed by atoms with Crippen LogP contribution in [0.2, 0.25) is 0 Å². The summed E-state index contributed by atoms with van der Waals surface area (Å²) in [6, 6.07) is 16.1. The van der Waals surface area contributed by atoms with Gasteiger partial charge in [-0.1, -0.05) is 82.0 Å². The molecule has 0 saturated heterocycles. The zero-order valence-corrected chi connectivity index (χ0v) is 20.3. The van der Waals surface area contributed by atoms with E-state index < -0.39 is 0 Å². The van der Waals surface area contributed by atoms with Gasteiger partial charge in [-0.05, 0) is 37.3 Å². The predicted octanol–water partition coefficient (Wildman–Crippen LogP) is 6.97. The number of fused-ring (bicyclic) bond motifs is 1. The average molecular weight is 448 g/mol. The van der Waals surface area contributed by atoms with Crippen molar-refractivity contribution in [2.45, 2.75) is 72.3 Å². The van der Waals surface area contributed by atoms with Gasteiger partial charge in [0.25, 0.3) is 0 Å². The molecule has 3 rings (SSSR count). The first kappa shape index (κ1) is 24.8. The van der Waals surface area contributed by atoms with Crippen LogP contribution in [0, 0.1) is 5.92 Å². The van der Waals surface area contributed by atoms with Crippen LogP contribution in [-0.2, 0) is 22.5 Å². The molecule has 4 heteroatoms. The van der Waals surface area contributed by atoms with Crippen LogP contribution in [0.4, 0.5) is 0 Å². The molecule has 0 N–H and O–H groups in total. The van der Waals surface area contributed by atoms with Crippen LogP contribution in [0.1, 0.15) is 80.8 Å². The number of carbonyl (C=O) groups is 2. The number of nitrogens with zero attached hydrogens (tertiary/aromatic N) is 1. The zero-order chi connectivity index (χ0) is 23.6. The summed E-state index contributed by atoms with van der Waals surface area (Å²) < 4.78 is 7.11. The summed E-state index contributed by atoms with van der Waals surface area (Å²) in [5, 5.41) is 0.952. The molecule has 4 nitrogen and oxygen atoms in total. The van der Waals surface area contributed by atoms with Crippen LogP contribution in [-0.4, -0.2) is 22.9 Å². The lowest BCUT2D eigenvalue weighted by molar-refractivity contribution is -0.143. The van der Waals surface area contributed by atoms with Crippen molar-refractivity contribution in [3.8, 4) is 0 Å². The molecule has 3 aromatic rings. The number of rotatable bonds is 13. The third-order valence-electron chi connectivity index (χ3n) is 6.25. The average Bonchev–Trinajstić information content (AvgIpc) is 3.18. The minimum absolute atomic E-state index is 0.0422. The molecule has 0 saturated carbocycles. The fourth-order valence-electron chi connectivity index (χ4n) is 4.69. The highest BCUT2D eigenvalue weighted by Gasteiger charge is 2.17. The maximum Gasteiger partial charge on any atom is 0.305 e. The topological polar surface area (TPSA) is 48.3 Å². The van der Waals surface area contributed by atoms with Crippen LogP contribution in [0.15, 0.2) is 54.7 Å². The summed E-state index contributed by atoms with van der Waals surface area (Å²) in [5.41, 5.74) is 3.75. The monoisotopic (exact) mass is 447 g/mol. The first-order valence-electron chi connectivity index (χ1n) is 12.4. The first-order valence-corrected chi connectivity index (χ1v) is 12.4. The van der Waals surface area contributed by atoms with Crippen molar-refractivity contribution in [3.63, 3.8) is 0 Å². The Bertz CT molecular complexity index is 1040. The van der Waals surface area contributed by atoms with E-state index in [1.807, 2.05) is 49.5 Å². The summed E-state index contributed by atoms with van der Waals surface area (Å²) in [6.45, 7) is 7.38. The number of para-hydroxylation sites is 1. The molecule has 0 aliphatic heterocycles. The molecule has 176 valence electrons. The van der Waals surface area contributed by atoms with E-state index in [0.717, 1.165) is 22.9 Å². The maximum atomic E-state index is 13.4. The summed E-state index contributed by atoms with van der Waals surface area (Å²) >= 11 is 0. The number of benzene rings is 2. The summed E-state index contributed by atoms with van der Waals surface area (Å²) in [7, 11) is 0. The van der Waals surface area contributed by atoms with Gasteiger partial charge in [0, 0.05) is 41.2 Å². The highest BCUT2D eigenvalue weighted by atomic mass is 16.5. The smallest absolute Gasteiger partial charge is 0.305 e. The van der Waals surface area contributed by atoms with Gasteiger partial charge in [-0.25, -0.2) is 0 Å². The van der Waals surface area contributed by atoms with Gasteiger partial charge in [0.15, 0.2) is 5.78 Å². The van der Waals surface area contributed by atoms with Gasteiger partial charge in [-0.3, -0.25) is 9.59 Å². The summed E-state index contributed by atoms with van der Waals surface area (Å²) in [5.74, 6) is 0.583. The van der Waals surface area contributed by atoms with Crippen LogP contribution in [0.5, 0.6) is 0 Å². The molecular formula is C29H37NO3. The zero-order valence-electron chi connectivity index (χ0n) is 20.3. The van der Waals surface area contributed by atoms with Crippen LogP contribution in [0.25, 0.3) is 10.9 Å². The number of ether oxygens (including phenoxy) is 1. The van der Waals surface area contributed by atoms with Gasteiger partial charge >= 0.3 is 5.97 Å². The number of carbonyl (C=O) groups excluding carboxylic acids is 2. The standard InChI is InChI=1S/C29H37NO3/c1-4-10-22(11-5-2)20-23-15-17-24(18-16-23)29(32)26-21-30(19-9-14-28(31)33-6-3)27-13-8-7-12-25(26)27/h7-8,12-13,15-18,21-22H,4-6,9-11,14,19-20H2,1-3H3. The third kappa shape index (κ3) is 6.56. The molecule has 1 aromatic heterocycles. The van der Waals surface area contributed by atoms with Gasteiger partial charge in [-0.15, -0.1) is 0 Å². The van der Waals surface area contributed by atoms with Crippen molar-refractivity contribution < 1.29 is 14.3 Å². The highest BCUT2D eigenvalue weighted by Crippen LogP contribution is 2.25. The van der Waals surface area contributed by atoms with Gasteiger partial charge in [0.1, 0.15) is 0 Å². The Morgan fingerprint density at radius 1 is 0.939 bits per heavy atom. The van der Waals surface area contributed by atoms with E-state index in [0.29, 0.717) is 37.5 Å². The fourth-order valence-corrected chi connectivity index (χ4v) is 4.69. The van der Waals surface area contributed by atoms with Crippen molar-refractivity contribution in [2.75, 3.05) is 6.61 Å². The number of aryl methyl sites for hydroxylation is 1. The molecule has 0 bridgehead atoms. The van der Waals surface area contributed by atoms with Crippen molar-refractivity contribution in [1.29, 1.82) is 0 Å². The minimum atomic E-state index is -0.175. The number of aromatic nitrogens is 1. The Labute approximate surface area is 198 Å². The van der Waals surface area contributed by atoms with E-state index >= 15 is 0 Å². The number of ketones is 1. The van der Waals surface area contributed by atoms with Gasteiger partial charge in [0.2, 0.25) is 0 Å². The predicted molar refractivity (Wildman–Crippen MR) is 135 cm³/mol. The quantitative estimate of drug-likeness (QED) is 0.210. The molecular weight excluding hydrogens is 410 g/mol. The lowest BCUT2D eigenvalue weighted by atomic mass is 9.90. The van der Waals surface area contributed by atoms with Crippen molar-refractivity contribution >= 4 is 22.7 Å². The molecule has 33 heavy (non-hydrogen) atoms. The summed E-state index contributed by atoms with van der Waals surface area (Å²) in [4.78, 5) is 25.1. The van der Waals surface area contributed by atoms with E-state index in [4.69, 9.17) is 4.74 Å². The van der Waals surface area contributed by atoms with Crippen LogP contribution in [0.3, 0.4) is 0 Å². The molecule has 0 radical (unpaired) electrons. The van der Waals surface area contributed by atoms with Gasteiger partial charge < -0.3 is 9.30 Å². The Hall–Kier alpha value is -2.88. The molecule has 0 fully saturated rings. The van der Waals surface area contributed by atoms with Crippen molar-refractivity contribution in [2.24, 2.45) is 5.92 Å². The third-order valence-corrected chi connectivity index (χ3v) is 6.25. The van der Waals surface area contributed by atoms with E-state index in [9.17, 15) is 9.59 Å². The normalized spacial score (nSPS) is 11.3. The largest absolute Gasteiger partial charge is 0.466 e. The Morgan fingerprint density at radius 2 is 1.64 bits per heavy atom. The fraction of sp³-hybridized carbons (Fsp3) is 0.448. The molecule has 0 spiro atoms. The SMILES string of the molecule is CCCC(CCC)Cc1ccc(C(=O)c2cn(CCCC(=O)OCC)c3ccccc23)cc1. The number of hydrogen-bond acceptors (Lipinski definition) is 3. The van der Waals surface area contributed by atoms with Crippen molar-refractivity contribution in [1.82, 2.24) is 4.57 Å². The van der Waals surface area contributed by atoms with E-state index in [2.05, 4.69) is 30.5 Å². The Morgan fingerprint density at radius 3 is 2.30 bits per heavy atom. The second-order valence-electron chi connectivity index (χ2n) is 8.84. The molecule has 0 unspecified atom stereocenters. The lowest BCUT2D eigenvalue weighted by Gasteiger charge is -2.15. The lowest BCUT2D eigenvalue weighted by Crippen LogP contribution is -2.06. The van der Waals surface area contributed by atoms with Crippen LogP contribution < -0.4 is 0 Å². The summed E-state index contributed by atoms with van der Waals surface area (Å²) in [6.07, 6.45) is 9.00. The molecule has 2 aromatic carbocycles. The highest BCUT2D eigenvalue weighted by molar-refractivity contribution is 6.16. The molecule has 0 aliphatic rings. The second-order valence-corrected chi connectivity index (χ2v) is 8.84. The molecule has 0 atom stereocenters. The molecule has 1 heterocycles. The van der Waals surface area contributed by atoms with E-state index in [1.54, 1.807) is 0 Å². The van der Waals surface area contributed by atoms with Crippen molar-refractivity contribution in [3.05, 3.63) is 71.4 Å². The number of hydrogen-bond donors (Lipinski definition) is 0. The second kappa shape index (κ2) is 12.4. The Balaban J connectivity index is 1.76. The van der Waals surface area contributed by atoms with Gasteiger partial charge in [-0.2, -0.15) is 0 Å². The van der Waals surface area contributed by atoms with Crippen LogP contribution >= 0.6 is 0 Å². The maximum absolute atomic E-state index is 13.4. The first-order chi connectivity index (χ1) is 16.1.